The highest BCUT2D eigenvalue weighted by Crippen LogP contribution is 2.32. The fourth-order valence-corrected chi connectivity index (χ4v) is 2.70. The van der Waals surface area contributed by atoms with Gasteiger partial charge in [-0.1, -0.05) is 0 Å². The Labute approximate surface area is 82.9 Å². The van der Waals surface area contributed by atoms with Crippen LogP contribution in [-0.2, 0) is 4.79 Å². The number of hydrogen-bond acceptors (Lipinski definition) is 2. The molecule has 0 radical (unpaired) electrons. The number of piperidine rings is 1. The third-order valence-electron chi connectivity index (χ3n) is 3.36. The zero-order valence-electron chi connectivity index (χ0n) is 8.11. The molecule has 1 saturated heterocycles. The molecule has 2 rings (SSSR count). The van der Waals surface area contributed by atoms with Crippen LogP contribution in [0, 0.1) is 5.92 Å². The summed E-state index contributed by atoms with van der Waals surface area (Å²) < 4.78 is 0. The number of hydrogen-bond donors (Lipinski definition) is 1. The highest BCUT2D eigenvalue weighted by atomic mass is 16.4. The molecular weight excluding hydrogens is 182 g/mol. The molecule has 14 heavy (non-hydrogen) atoms. The van der Waals surface area contributed by atoms with Crippen LogP contribution in [-0.4, -0.2) is 34.5 Å². The SMILES string of the molecule is O=C1CCC[C@@H]2[C@@H]1CCCN2C(=O)O. The summed E-state index contributed by atoms with van der Waals surface area (Å²) in [6.07, 6.45) is 3.21. The first-order valence-corrected chi connectivity index (χ1v) is 5.22. The van der Waals surface area contributed by atoms with Crippen molar-refractivity contribution < 1.29 is 14.7 Å². The van der Waals surface area contributed by atoms with Gasteiger partial charge < -0.3 is 10.0 Å². The van der Waals surface area contributed by atoms with E-state index in [-0.39, 0.29) is 17.7 Å². The second kappa shape index (κ2) is 3.59. The van der Waals surface area contributed by atoms with Crippen molar-refractivity contribution in [3.8, 4) is 0 Å². The molecule has 4 nitrogen and oxygen atoms in total. The van der Waals surface area contributed by atoms with Gasteiger partial charge in [0.1, 0.15) is 5.78 Å². The molecule has 0 aromatic rings. The maximum atomic E-state index is 11.6. The largest absolute Gasteiger partial charge is 0.465 e. The van der Waals surface area contributed by atoms with Gasteiger partial charge in [-0.05, 0) is 25.7 Å². The number of ketones is 1. The van der Waals surface area contributed by atoms with Crippen LogP contribution in [0.1, 0.15) is 32.1 Å². The van der Waals surface area contributed by atoms with E-state index in [1.54, 1.807) is 0 Å². The average molecular weight is 197 g/mol. The minimum Gasteiger partial charge on any atom is -0.465 e. The first-order valence-electron chi connectivity index (χ1n) is 5.22. The van der Waals surface area contributed by atoms with E-state index in [2.05, 4.69) is 0 Å². The molecule has 0 aromatic carbocycles. The molecule has 0 aromatic heterocycles. The van der Waals surface area contributed by atoms with Crippen molar-refractivity contribution in [2.24, 2.45) is 5.92 Å². The number of fused-ring (bicyclic) bond motifs is 1. The molecule has 1 amide bonds. The van der Waals surface area contributed by atoms with E-state index >= 15 is 0 Å². The van der Waals surface area contributed by atoms with Crippen molar-refractivity contribution in [1.82, 2.24) is 4.90 Å². The molecule has 2 aliphatic rings. The first-order chi connectivity index (χ1) is 6.70. The quantitative estimate of drug-likeness (QED) is 0.640. The van der Waals surface area contributed by atoms with Gasteiger partial charge >= 0.3 is 6.09 Å². The second-order valence-corrected chi connectivity index (χ2v) is 4.15. The molecule has 1 heterocycles. The van der Waals surface area contributed by atoms with E-state index in [0.717, 1.165) is 25.7 Å². The predicted octanol–water partition coefficient (Wildman–Crippen LogP) is 1.50. The smallest absolute Gasteiger partial charge is 0.407 e. The van der Waals surface area contributed by atoms with E-state index < -0.39 is 6.09 Å². The Hall–Kier alpha value is -1.06. The van der Waals surface area contributed by atoms with Crippen molar-refractivity contribution in [2.45, 2.75) is 38.1 Å². The summed E-state index contributed by atoms with van der Waals surface area (Å²) in [7, 11) is 0. The summed E-state index contributed by atoms with van der Waals surface area (Å²) in [5.41, 5.74) is 0. The van der Waals surface area contributed by atoms with E-state index in [1.165, 1.54) is 4.90 Å². The highest BCUT2D eigenvalue weighted by molar-refractivity contribution is 5.83. The summed E-state index contributed by atoms with van der Waals surface area (Å²) in [6, 6.07) is -0.0255. The van der Waals surface area contributed by atoms with Crippen LogP contribution in [0.4, 0.5) is 4.79 Å². The summed E-state index contributed by atoms with van der Waals surface area (Å²) in [6.45, 7) is 0.601. The number of nitrogens with zero attached hydrogens (tertiary/aromatic N) is 1. The first kappa shape index (κ1) is 9.49. The average Bonchev–Trinajstić information content (AvgIpc) is 2.17. The molecule has 78 valence electrons. The Morgan fingerprint density at radius 2 is 2.14 bits per heavy atom. The fraction of sp³-hybridized carbons (Fsp3) is 0.800. The van der Waals surface area contributed by atoms with Gasteiger partial charge in [0.25, 0.3) is 0 Å². The van der Waals surface area contributed by atoms with Crippen molar-refractivity contribution in [3.63, 3.8) is 0 Å². The predicted molar refractivity (Wildman–Crippen MR) is 50.1 cm³/mol. The summed E-state index contributed by atoms with van der Waals surface area (Å²) in [4.78, 5) is 24.0. The third-order valence-corrected chi connectivity index (χ3v) is 3.36. The van der Waals surface area contributed by atoms with E-state index in [1.807, 2.05) is 0 Å². The van der Waals surface area contributed by atoms with Gasteiger partial charge in [0.05, 0.1) is 0 Å². The monoisotopic (exact) mass is 197 g/mol. The minimum absolute atomic E-state index is 0.00593. The van der Waals surface area contributed by atoms with Crippen LogP contribution < -0.4 is 0 Å². The second-order valence-electron chi connectivity index (χ2n) is 4.15. The fourth-order valence-electron chi connectivity index (χ4n) is 2.70. The molecule has 1 aliphatic carbocycles. The van der Waals surface area contributed by atoms with Gasteiger partial charge in [-0.2, -0.15) is 0 Å². The zero-order chi connectivity index (χ0) is 10.1. The molecule has 2 atom stereocenters. The summed E-state index contributed by atoms with van der Waals surface area (Å²) >= 11 is 0. The Balaban J connectivity index is 2.15. The molecule has 1 N–H and O–H groups in total. The lowest BCUT2D eigenvalue weighted by atomic mass is 9.77. The number of carbonyl (C=O) groups is 2. The number of carbonyl (C=O) groups excluding carboxylic acids is 1. The number of carboxylic acid groups (broad SMARTS) is 1. The van der Waals surface area contributed by atoms with E-state index in [0.29, 0.717) is 13.0 Å². The topological polar surface area (TPSA) is 57.6 Å². The molecular formula is C10H15NO3. The maximum Gasteiger partial charge on any atom is 0.407 e. The van der Waals surface area contributed by atoms with Gasteiger partial charge in [-0.25, -0.2) is 4.79 Å². The van der Waals surface area contributed by atoms with Gasteiger partial charge in [-0.15, -0.1) is 0 Å². The van der Waals surface area contributed by atoms with Crippen LogP contribution in [0.5, 0.6) is 0 Å². The Morgan fingerprint density at radius 3 is 2.86 bits per heavy atom. The molecule has 0 spiro atoms. The zero-order valence-corrected chi connectivity index (χ0v) is 8.11. The van der Waals surface area contributed by atoms with Crippen LogP contribution in [0.3, 0.4) is 0 Å². The van der Waals surface area contributed by atoms with Crippen molar-refractivity contribution in [1.29, 1.82) is 0 Å². The standard InChI is InChI=1S/C10H15NO3/c12-9-5-1-4-8-7(9)3-2-6-11(8)10(13)14/h7-8H,1-6H2,(H,13,14)/t7-,8+/m0/s1. The minimum atomic E-state index is -0.866. The van der Waals surface area contributed by atoms with Crippen LogP contribution in [0.15, 0.2) is 0 Å². The number of likely N-dealkylation sites (tertiary alicyclic amines) is 1. The van der Waals surface area contributed by atoms with E-state index in [9.17, 15) is 9.59 Å². The third kappa shape index (κ3) is 1.49. The van der Waals surface area contributed by atoms with Crippen LogP contribution in [0.25, 0.3) is 0 Å². The molecule has 2 fully saturated rings. The van der Waals surface area contributed by atoms with Gasteiger partial charge in [0.15, 0.2) is 0 Å². The molecule has 0 unspecified atom stereocenters. The Bertz CT molecular complexity index is 258. The maximum absolute atomic E-state index is 11.6. The lowest BCUT2D eigenvalue weighted by Gasteiger charge is -2.41. The lowest BCUT2D eigenvalue weighted by molar-refractivity contribution is -0.128. The molecule has 1 aliphatic heterocycles. The molecule has 0 bridgehead atoms. The number of amides is 1. The van der Waals surface area contributed by atoms with Crippen LogP contribution in [0.2, 0.25) is 0 Å². The molecule has 4 heteroatoms. The number of Topliss-reactive ketones (excluding diaryl/α,β-unsaturated/α-hetero) is 1. The highest BCUT2D eigenvalue weighted by Gasteiger charge is 2.39. The lowest BCUT2D eigenvalue weighted by Crippen LogP contribution is -2.51. The van der Waals surface area contributed by atoms with Gasteiger partial charge in [0.2, 0.25) is 0 Å². The van der Waals surface area contributed by atoms with Crippen molar-refractivity contribution in [2.75, 3.05) is 6.54 Å². The summed E-state index contributed by atoms with van der Waals surface area (Å²) in [5, 5.41) is 8.98. The summed E-state index contributed by atoms with van der Waals surface area (Å²) in [5.74, 6) is 0.265. The van der Waals surface area contributed by atoms with Crippen LogP contribution >= 0.6 is 0 Å². The normalized spacial score (nSPS) is 32.6. The molecule has 1 saturated carbocycles. The van der Waals surface area contributed by atoms with Gasteiger partial charge in [-0.3, -0.25) is 4.79 Å². The van der Waals surface area contributed by atoms with Gasteiger partial charge in [0, 0.05) is 24.9 Å². The Kier molecular flexibility index (Phi) is 2.44. The Morgan fingerprint density at radius 1 is 1.36 bits per heavy atom. The van der Waals surface area contributed by atoms with Crippen molar-refractivity contribution in [3.05, 3.63) is 0 Å². The van der Waals surface area contributed by atoms with E-state index in [4.69, 9.17) is 5.11 Å². The number of rotatable bonds is 0. The van der Waals surface area contributed by atoms with Crippen molar-refractivity contribution >= 4 is 11.9 Å².